The molecule has 0 amide bonds. The van der Waals surface area contributed by atoms with Crippen LogP contribution in [0.15, 0.2) is 29.1 Å². The number of nitrogens with zero attached hydrogens (tertiary/aromatic N) is 3. The van der Waals surface area contributed by atoms with Gasteiger partial charge in [-0.05, 0) is 24.3 Å². The third kappa shape index (κ3) is 3.17. The minimum atomic E-state index is -4.90. The Hall–Kier alpha value is -2.20. The Morgan fingerprint density at radius 3 is 2.32 bits per heavy atom. The molecule has 0 aliphatic carbocycles. The van der Waals surface area contributed by atoms with Gasteiger partial charge in [-0.25, -0.2) is 18.4 Å². The summed E-state index contributed by atoms with van der Waals surface area (Å²) in [5.74, 6) is -0.798. The number of aliphatic hydroxyl groups excluding tert-OH is 2. The Balaban J connectivity index is 2.44. The number of alkyl halides is 3. The van der Waals surface area contributed by atoms with Gasteiger partial charge < -0.3 is 10.2 Å². The Labute approximate surface area is 120 Å². The molecule has 2 N–H and O–H groups in total. The molecule has 1 aromatic heterocycles. The molecule has 1 aromatic carbocycles. The first-order valence-electron chi connectivity index (χ1n) is 6.04. The summed E-state index contributed by atoms with van der Waals surface area (Å²) in [6.45, 7) is -1.83. The van der Waals surface area contributed by atoms with Crippen molar-refractivity contribution in [1.29, 1.82) is 0 Å². The molecule has 0 saturated carbocycles. The molecule has 0 aliphatic heterocycles. The van der Waals surface area contributed by atoms with Gasteiger partial charge in [-0.1, -0.05) is 0 Å². The van der Waals surface area contributed by atoms with Crippen molar-refractivity contribution in [3.8, 4) is 5.69 Å². The third-order valence-corrected chi connectivity index (χ3v) is 2.86. The van der Waals surface area contributed by atoms with E-state index in [0.29, 0.717) is 4.68 Å². The van der Waals surface area contributed by atoms with Crippen LogP contribution >= 0.6 is 0 Å². The zero-order valence-electron chi connectivity index (χ0n) is 11.0. The van der Waals surface area contributed by atoms with Gasteiger partial charge in [-0.2, -0.15) is 18.3 Å². The first-order chi connectivity index (χ1) is 10.2. The highest BCUT2D eigenvalue weighted by Gasteiger charge is 2.39. The van der Waals surface area contributed by atoms with E-state index >= 15 is 0 Å². The molecular weight excluding hydrogens is 310 g/mol. The van der Waals surface area contributed by atoms with E-state index in [2.05, 4.69) is 5.10 Å². The van der Waals surface area contributed by atoms with Crippen LogP contribution in [0.2, 0.25) is 0 Å². The normalized spacial score (nSPS) is 13.4. The highest BCUT2D eigenvalue weighted by molar-refractivity contribution is 5.32. The summed E-state index contributed by atoms with van der Waals surface area (Å²) < 4.78 is 51.1. The summed E-state index contributed by atoms with van der Waals surface area (Å²) >= 11 is 0. The van der Waals surface area contributed by atoms with E-state index in [1.54, 1.807) is 0 Å². The van der Waals surface area contributed by atoms with E-state index in [-0.39, 0.29) is 11.5 Å². The van der Waals surface area contributed by atoms with Crippen LogP contribution in [-0.2, 0) is 13.2 Å². The highest BCUT2D eigenvalue weighted by atomic mass is 19.4. The molecule has 0 unspecified atom stereocenters. The zero-order chi connectivity index (χ0) is 16.5. The van der Waals surface area contributed by atoms with Crippen molar-refractivity contribution in [1.82, 2.24) is 14.3 Å². The summed E-state index contributed by atoms with van der Waals surface area (Å²) in [7, 11) is 0. The fourth-order valence-corrected chi connectivity index (χ4v) is 1.79. The van der Waals surface area contributed by atoms with Crippen molar-refractivity contribution < 1.29 is 27.8 Å². The van der Waals surface area contributed by atoms with Crippen LogP contribution < -0.4 is 5.69 Å². The molecule has 1 heterocycles. The van der Waals surface area contributed by atoms with Crippen LogP contribution in [0.1, 0.15) is 5.82 Å². The van der Waals surface area contributed by atoms with E-state index in [4.69, 9.17) is 5.11 Å². The average molecular weight is 321 g/mol. The minimum absolute atomic E-state index is 0.128. The molecule has 1 atom stereocenters. The van der Waals surface area contributed by atoms with E-state index in [0.717, 1.165) is 16.7 Å². The van der Waals surface area contributed by atoms with Gasteiger partial charge in [0.2, 0.25) is 0 Å². The maximum absolute atomic E-state index is 12.9. The predicted octanol–water partition coefficient (Wildman–Crippen LogP) is 0.589. The number of aromatic nitrogens is 3. The largest absolute Gasteiger partial charge is 0.416 e. The second-order valence-electron chi connectivity index (χ2n) is 4.41. The van der Waals surface area contributed by atoms with Crippen molar-refractivity contribution in [2.45, 2.75) is 25.4 Å². The third-order valence-electron chi connectivity index (χ3n) is 2.86. The summed E-state index contributed by atoms with van der Waals surface area (Å²) in [5.41, 5.74) is -0.859. The first kappa shape index (κ1) is 16.2. The van der Waals surface area contributed by atoms with E-state index in [1.165, 1.54) is 12.1 Å². The molecule has 0 spiro atoms. The molecule has 0 aliphatic rings. The van der Waals surface area contributed by atoms with E-state index < -0.39 is 36.9 Å². The molecule has 0 fully saturated rings. The number of rotatable bonds is 4. The Bertz CT molecular complexity index is 706. The maximum Gasteiger partial charge on any atom is 0.416 e. The first-order valence-corrected chi connectivity index (χ1v) is 6.04. The Morgan fingerprint density at radius 1 is 1.23 bits per heavy atom. The molecular formula is C12H11F4N3O3. The molecule has 0 radical (unpaired) electrons. The van der Waals surface area contributed by atoms with Gasteiger partial charge in [-0.15, -0.1) is 0 Å². The summed E-state index contributed by atoms with van der Waals surface area (Å²) in [4.78, 5) is 12.1. The molecule has 2 rings (SSSR count). The summed E-state index contributed by atoms with van der Waals surface area (Å²) in [5, 5.41) is 21.7. The van der Waals surface area contributed by atoms with Crippen LogP contribution in [0.5, 0.6) is 0 Å². The number of aliphatic hydroxyl groups is 2. The average Bonchev–Trinajstić information content (AvgIpc) is 2.75. The number of hydrogen-bond acceptors (Lipinski definition) is 4. The minimum Gasteiger partial charge on any atom is -0.388 e. The van der Waals surface area contributed by atoms with Crippen molar-refractivity contribution in [2.24, 2.45) is 0 Å². The lowest BCUT2D eigenvalue weighted by Gasteiger charge is -2.13. The quantitative estimate of drug-likeness (QED) is 0.808. The van der Waals surface area contributed by atoms with Crippen LogP contribution in [0.25, 0.3) is 5.69 Å². The van der Waals surface area contributed by atoms with Crippen molar-refractivity contribution in [3.63, 3.8) is 0 Å². The second-order valence-corrected chi connectivity index (χ2v) is 4.41. The highest BCUT2D eigenvalue weighted by Crippen LogP contribution is 2.20. The maximum atomic E-state index is 12.9. The van der Waals surface area contributed by atoms with Crippen LogP contribution in [0.4, 0.5) is 17.6 Å². The number of hydrogen-bond donors (Lipinski definition) is 2. The van der Waals surface area contributed by atoms with Crippen molar-refractivity contribution >= 4 is 0 Å². The van der Waals surface area contributed by atoms with Gasteiger partial charge in [0.25, 0.3) is 0 Å². The van der Waals surface area contributed by atoms with E-state index in [1.807, 2.05) is 0 Å². The van der Waals surface area contributed by atoms with Crippen LogP contribution in [0, 0.1) is 5.82 Å². The predicted molar refractivity (Wildman–Crippen MR) is 65.8 cm³/mol. The Morgan fingerprint density at radius 2 is 1.82 bits per heavy atom. The van der Waals surface area contributed by atoms with E-state index in [9.17, 15) is 27.5 Å². The zero-order valence-corrected chi connectivity index (χ0v) is 11.0. The van der Waals surface area contributed by atoms with Gasteiger partial charge >= 0.3 is 11.9 Å². The molecule has 120 valence electrons. The molecule has 22 heavy (non-hydrogen) atoms. The molecule has 10 heteroatoms. The van der Waals surface area contributed by atoms with Gasteiger partial charge in [0, 0.05) is 0 Å². The van der Waals surface area contributed by atoms with Gasteiger partial charge in [0.1, 0.15) is 12.4 Å². The Kier molecular flexibility index (Phi) is 4.33. The topological polar surface area (TPSA) is 80.3 Å². The van der Waals surface area contributed by atoms with Gasteiger partial charge in [0.05, 0.1) is 12.2 Å². The van der Waals surface area contributed by atoms with Crippen LogP contribution in [-0.4, -0.2) is 36.8 Å². The molecule has 0 bridgehead atoms. The van der Waals surface area contributed by atoms with Gasteiger partial charge in [0.15, 0.2) is 11.9 Å². The smallest absolute Gasteiger partial charge is 0.388 e. The summed E-state index contributed by atoms with van der Waals surface area (Å²) in [6.07, 6.45) is -7.67. The lowest BCUT2D eigenvalue weighted by molar-refractivity contribution is -0.208. The lowest BCUT2D eigenvalue weighted by Crippen LogP contribution is -2.37. The summed E-state index contributed by atoms with van der Waals surface area (Å²) in [6, 6.07) is 4.51. The van der Waals surface area contributed by atoms with Gasteiger partial charge in [-0.3, -0.25) is 0 Å². The SMILES string of the molecule is O=c1n(C[C@H](O)C(F)(F)F)nc(CO)n1-c1ccc(F)cc1. The molecule has 0 saturated heterocycles. The molecule has 6 nitrogen and oxygen atoms in total. The van der Waals surface area contributed by atoms with Crippen LogP contribution in [0.3, 0.4) is 0 Å². The van der Waals surface area contributed by atoms with Crippen molar-refractivity contribution in [2.75, 3.05) is 0 Å². The molecule has 2 aromatic rings. The monoisotopic (exact) mass is 321 g/mol. The number of halogens is 4. The number of benzene rings is 1. The van der Waals surface area contributed by atoms with Crippen molar-refractivity contribution in [3.05, 3.63) is 46.4 Å². The lowest BCUT2D eigenvalue weighted by atomic mass is 10.3. The fourth-order valence-electron chi connectivity index (χ4n) is 1.79. The fraction of sp³-hybridized carbons (Fsp3) is 0.333. The standard InChI is InChI=1S/C12H11F4N3O3/c13-7-1-3-8(4-2-7)19-10(6-20)17-18(11(19)22)5-9(21)12(14,15)16/h1-4,9,20-21H,5-6H2/t9-/m0/s1. The second kappa shape index (κ2) is 5.89.